The average Bonchev–Trinajstić information content (AvgIpc) is 3.17. The topological polar surface area (TPSA) is 108 Å². The van der Waals surface area contributed by atoms with Crippen LogP contribution in [0.3, 0.4) is 0 Å². The van der Waals surface area contributed by atoms with Gasteiger partial charge < -0.3 is 5.32 Å². The quantitative estimate of drug-likeness (QED) is 0.329. The van der Waals surface area contributed by atoms with Crippen molar-refractivity contribution in [3.63, 3.8) is 0 Å². The van der Waals surface area contributed by atoms with Crippen molar-refractivity contribution in [2.75, 3.05) is 18.8 Å². The highest BCUT2D eigenvalue weighted by atomic mass is 35.5. The van der Waals surface area contributed by atoms with Crippen LogP contribution < -0.4 is 5.32 Å². The molecule has 0 aliphatic carbocycles. The number of halogens is 2. The molecule has 12 heteroatoms. The van der Waals surface area contributed by atoms with Crippen LogP contribution in [0, 0.1) is 12.7 Å². The van der Waals surface area contributed by atoms with Crippen LogP contribution in [0.2, 0.25) is 5.02 Å². The molecule has 3 rings (SSSR count). The molecule has 2 N–H and O–H groups in total. The highest BCUT2D eigenvalue weighted by Crippen LogP contribution is 2.21. The van der Waals surface area contributed by atoms with E-state index in [2.05, 4.69) is 20.5 Å². The van der Waals surface area contributed by atoms with Crippen LogP contribution >= 0.6 is 23.4 Å². The van der Waals surface area contributed by atoms with E-state index in [1.807, 2.05) is 0 Å². The number of benzene rings is 2. The predicted octanol–water partition coefficient (Wildman–Crippen LogP) is 3.01. The molecule has 170 valence electrons. The number of carbonyl (C=O) groups is 1. The molecule has 0 bridgehead atoms. The zero-order valence-electron chi connectivity index (χ0n) is 17.1. The fourth-order valence-electron chi connectivity index (χ4n) is 2.73. The number of sulfonamides is 1. The number of carbonyl (C=O) groups excluding carboxylic acids is 1. The Hall–Kier alpha value is -2.47. The second-order valence-corrected chi connectivity index (χ2v) is 10.2. The summed E-state index contributed by atoms with van der Waals surface area (Å²) >= 11 is 7.21. The molecule has 3 aromatic rings. The van der Waals surface area contributed by atoms with Crippen LogP contribution in [0.15, 0.2) is 58.6 Å². The summed E-state index contributed by atoms with van der Waals surface area (Å²) in [6.45, 7) is 1.30. The molecule has 0 saturated carbocycles. The highest BCUT2D eigenvalue weighted by molar-refractivity contribution is 7.99. The second-order valence-electron chi connectivity index (χ2n) is 6.72. The number of amides is 1. The molecule has 0 unspecified atom stereocenters. The Morgan fingerprint density at radius 1 is 1.22 bits per heavy atom. The molecular formula is C20H21ClFN5O3S2. The van der Waals surface area contributed by atoms with Gasteiger partial charge >= 0.3 is 0 Å². The van der Waals surface area contributed by atoms with Crippen molar-refractivity contribution in [3.8, 4) is 0 Å². The fourth-order valence-corrected chi connectivity index (χ4v) is 4.93. The summed E-state index contributed by atoms with van der Waals surface area (Å²) in [6, 6.07) is 11.4. The Bertz CT molecular complexity index is 1170. The standard InChI is InChI=1S/C20H21ClFN5O3S2/c1-14-24-20(26-25-14)31-11-10-23-19(28)13-27(12-15-4-2-3-5-18(15)22)32(29,30)17-8-6-16(21)7-9-17/h2-9H,10-13H2,1H3,(H,23,28)(H,24,25,26). The molecule has 0 aliphatic heterocycles. The largest absolute Gasteiger partial charge is 0.354 e. The van der Waals surface area contributed by atoms with Crippen LogP contribution in [0.25, 0.3) is 0 Å². The van der Waals surface area contributed by atoms with E-state index >= 15 is 0 Å². The van der Waals surface area contributed by atoms with Crippen molar-refractivity contribution < 1.29 is 17.6 Å². The third-order valence-electron chi connectivity index (χ3n) is 4.31. The first-order chi connectivity index (χ1) is 15.3. The first-order valence-electron chi connectivity index (χ1n) is 9.53. The number of hydrogen-bond donors (Lipinski definition) is 2. The molecule has 1 amide bonds. The third-order valence-corrected chi connectivity index (χ3v) is 7.21. The number of nitrogens with zero attached hydrogens (tertiary/aromatic N) is 3. The molecule has 0 fully saturated rings. The summed E-state index contributed by atoms with van der Waals surface area (Å²) in [4.78, 5) is 16.6. The summed E-state index contributed by atoms with van der Waals surface area (Å²) in [5.74, 6) is 0.126. The van der Waals surface area contributed by atoms with E-state index in [1.165, 1.54) is 54.2 Å². The number of aromatic amines is 1. The fraction of sp³-hybridized carbons (Fsp3) is 0.250. The van der Waals surface area contributed by atoms with Gasteiger partial charge in [0.2, 0.25) is 21.1 Å². The van der Waals surface area contributed by atoms with Crippen molar-refractivity contribution in [2.24, 2.45) is 0 Å². The summed E-state index contributed by atoms with van der Waals surface area (Å²) in [5, 5.41) is 10.3. The van der Waals surface area contributed by atoms with E-state index < -0.39 is 28.3 Å². The van der Waals surface area contributed by atoms with Crippen molar-refractivity contribution >= 4 is 39.3 Å². The van der Waals surface area contributed by atoms with Gasteiger partial charge in [-0.1, -0.05) is 41.6 Å². The monoisotopic (exact) mass is 497 g/mol. The minimum absolute atomic E-state index is 0.0402. The average molecular weight is 498 g/mol. The van der Waals surface area contributed by atoms with E-state index in [4.69, 9.17) is 11.6 Å². The van der Waals surface area contributed by atoms with Gasteiger partial charge in [0, 0.05) is 29.4 Å². The smallest absolute Gasteiger partial charge is 0.243 e. The first-order valence-corrected chi connectivity index (χ1v) is 12.3. The van der Waals surface area contributed by atoms with Crippen molar-refractivity contribution in [1.29, 1.82) is 0 Å². The molecule has 32 heavy (non-hydrogen) atoms. The molecule has 8 nitrogen and oxygen atoms in total. The van der Waals surface area contributed by atoms with E-state index in [9.17, 15) is 17.6 Å². The summed E-state index contributed by atoms with van der Waals surface area (Å²) in [7, 11) is -4.08. The lowest BCUT2D eigenvalue weighted by Gasteiger charge is -2.22. The molecule has 0 saturated heterocycles. The maximum Gasteiger partial charge on any atom is 0.243 e. The van der Waals surface area contributed by atoms with Gasteiger partial charge in [0.1, 0.15) is 11.6 Å². The van der Waals surface area contributed by atoms with E-state index in [-0.39, 0.29) is 23.5 Å². The van der Waals surface area contributed by atoms with Crippen LogP contribution in [0.4, 0.5) is 4.39 Å². The minimum atomic E-state index is -4.08. The van der Waals surface area contributed by atoms with Gasteiger partial charge in [-0.2, -0.15) is 4.31 Å². The number of aromatic nitrogens is 3. The maximum absolute atomic E-state index is 14.2. The van der Waals surface area contributed by atoms with Crippen LogP contribution in [0.5, 0.6) is 0 Å². The Morgan fingerprint density at radius 2 is 1.94 bits per heavy atom. The van der Waals surface area contributed by atoms with Gasteiger partial charge in [-0.3, -0.25) is 9.89 Å². The Kier molecular flexibility index (Phi) is 8.24. The number of nitrogens with one attached hydrogen (secondary N) is 2. The molecule has 1 aromatic heterocycles. The van der Waals surface area contributed by atoms with Crippen molar-refractivity contribution in [1.82, 2.24) is 24.8 Å². The molecule has 0 aliphatic rings. The Morgan fingerprint density at radius 3 is 2.59 bits per heavy atom. The van der Waals surface area contributed by atoms with Gasteiger partial charge in [0.05, 0.1) is 11.4 Å². The third kappa shape index (κ3) is 6.52. The number of thioether (sulfide) groups is 1. The van der Waals surface area contributed by atoms with Crippen LogP contribution in [-0.2, 0) is 21.4 Å². The summed E-state index contributed by atoms with van der Waals surface area (Å²) in [5.41, 5.74) is 0.161. The lowest BCUT2D eigenvalue weighted by atomic mass is 10.2. The lowest BCUT2D eigenvalue weighted by Crippen LogP contribution is -2.41. The van der Waals surface area contributed by atoms with Gasteiger partial charge in [0.15, 0.2) is 0 Å². The van der Waals surface area contributed by atoms with Crippen LogP contribution in [0.1, 0.15) is 11.4 Å². The van der Waals surface area contributed by atoms with E-state index in [0.29, 0.717) is 21.8 Å². The number of H-pyrrole nitrogens is 1. The van der Waals surface area contributed by atoms with E-state index in [0.717, 1.165) is 4.31 Å². The SMILES string of the molecule is Cc1nc(SCCNC(=O)CN(Cc2ccccc2F)S(=O)(=O)c2ccc(Cl)cc2)n[nH]1. The molecule has 0 atom stereocenters. The summed E-state index contributed by atoms with van der Waals surface area (Å²) < 4.78 is 41.5. The summed E-state index contributed by atoms with van der Waals surface area (Å²) in [6.07, 6.45) is 0. The van der Waals surface area contributed by atoms with Gasteiger partial charge in [-0.05, 0) is 37.3 Å². The lowest BCUT2D eigenvalue weighted by molar-refractivity contribution is -0.121. The molecule has 2 aromatic carbocycles. The maximum atomic E-state index is 14.2. The normalized spacial score (nSPS) is 11.6. The van der Waals surface area contributed by atoms with Crippen LogP contribution in [-0.4, -0.2) is 52.7 Å². The highest BCUT2D eigenvalue weighted by Gasteiger charge is 2.27. The molecular weight excluding hydrogens is 477 g/mol. The molecule has 0 spiro atoms. The van der Waals surface area contributed by atoms with Gasteiger partial charge in [-0.25, -0.2) is 17.8 Å². The first kappa shape index (κ1) is 24.2. The molecule has 0 radical (unpaired) electrons. The van der Waals surface area contributed by atoms with Crippen molar-refractivity contribution in [3.05, 3.63) is 70.8 Å². The molecule has 1 heterocycles. The second kappa shape index (κ2) is 10.9. The number of rotatable bonds is 10. The zero-order chi connectivity index (χ0) is 23.1. The van der Waals surface area contributed by atoms with Crippen molar-refractivity contribution in [2.45, 2.75) is 23.5 Å². The predicted molar refractivity (Wildman–Crippen MR) is 120 cm³/mol. The Balaban J connectivity index is 1.69. The van der Waals surface area contributed by atoms with Gasteiger partial charge in [-0.15, -0.1) is 5.10 Å². The zero-order valence-corrected chi connectivity index (χ0v) is 19.5. The van der Waals surface area contributed by atoms with E-state index in [1.54, 1.807) is 13.0 Å². The number of aryl methyl sites for hydroxylation is 1. The van der Waals surface area contributed by atoms with Gasteiger partial charge in [0.25, 0.3) is 0 Å². The minimum Gasteiger partial charge on any atom is -0.354 e. The number of hydrogen-bond acceptors (Lipinski definition) is 6. The Labute approximate surface area is 194 Å².